The standard InChI is InChI=1S/C27H22N4O3/c32-25(28-21-16-19-11-7-8-12-20(19)17-21)24-23(15-18-9-3-1-4-10-18)31-27(34-24)29-26(30-31)33-22-13-5-2-6-14-22/h1-14,21H,15-17H2,(H,28,32). The predicted molar refractivity (Wildman–Crippen MR) is 126 cm³/mol. The van der Waals surface area contributed by atoms with Crippen LogP contribution in [0.2, 0.25) is 0 Å². The number of ether oxygens (including phenoxy) is 1. The summed E-state index contributed by atoms with van der Waals surface area (Å²) in [5.41, 5.74) is 4.21. The summed E-state index contributed by atoms with van der Waals surface area (Å²) in [6.07, 6.45) is 2.08. The molecule has 0 saturated carbocycles. The van der Waals surface area contributed by atoms with E-state index in [4.69, 9.17) is 9.15 Å². The zero-order chi connectivity index (χ0) is 22.9. The number of hydrogen-bond donors (Lipinski definition) is 1. The van der Waals surface area contributed by atoms with Crippen LogP contribution >= 0.6 is 0 Å². The second-order valence-corrected chi connectivity index (χ2v) is 8.39. The molecule has 2 aromatic heterocycles. The Kier molecular flexibility index (Phi) is 5.07. The zero-order valence-corrected chi connectivity index (χ0v) is 18.3. The van der Waals surface area contributed by atoms with E-state index in [-0.39, 0.29) is 29.6 Å². The van der Waals surface area contributed by atoms with Gasteiger partial charge in [-0.05, 0) is 41.7 Å². The van der Waals surface area contributed by atoms with E-state index in [0.29, 0.717) is 17.9 Å². The van der Waals surface area contributed by atoms with Gasteiger partial charge in [0, 0.05) is 12.5 Å². The molecule has 1 amide bonds. The van der Waals surface area contributed by atoms with E-state index in [1.165, 1.54) is 11.1 Å². The summed E-state index contributed by atoms with van der Waals surface area (Å²) < 4.78 is 13.3. The molecule has 0 atom stereocenters. The number of amides is 1. The van der Waals surface area contributed by atoms with Crippen LogP contribution in [0.1, 0.15) is 32.9 Å². The summed E-state index contributed by atoms with van der Waals surface area (Å²) in [6, 6.07) is 27.7. The van der Waals surface area contributed by atoms with Crippen molar-refractivity contribution in [3.8, 4) is 11.8 Å². The Balaban J connectivity index is 1.31. The maximum absolute atomic E-state index is 13.3. The highest BCUT2D eigenvalue weighted by Gasteiger charge is 2.28. The number of nitrogens with zero attached hydrogens (tertiary/aromatic N) is 3. The molecule has 1 N–H and O–H groups in total. The Bertz CT molecular complexity index is 1430. The van der Waals surface area contributed by atoms with E-state index in [1.807, 2.05) is 72.8 Å². The van der Waals surface area contributed by atoms with Crippen molar-refractivity contribution in [3.05, 3.63) is 113 Å². The number of para-hydroxylation sites is 1. The molecule has 6 rings (SSSR count). The van der Waals surface area contributed by atoms with Crippen molar-refractivity contribution in [2.45, 2.75) is 25.3 Å². The number of rotatable bonds is 6. The molecule has 1 aliphatic rings. The van der Waals surface area contributed by atoms with Gasteiger partial charge in [0.2, 0.25) is 5.76 Å². The van der Waals surface area contributed by atoms with Crippen molar-refractivity contribution in [1.82, 2.24) is 19.9 Å². The molecule has 1 aliphatic carbocycles. The van der Waals surface area contributed by atoms with Crippen LogP contribution in [-0.4, -0.2) is 26.5 Å². The first kappa shape index (κ1) is 20.2. The summed E-state index contributed by atoms with van der Waals surface area (Å²) in [6.45, 7) is 0. The lowest BCUT2D eigenvalue weighted by Crippen LogP contribution is -2.35. The minimum Gasteiger partial charge on any atom is -0.423 e. The third-order valence-corrected chi connectivity index (χ3v) is 6.03. The number of hydrogen-bond acceptors (Lipinski definition) is 5. The predicted octanol–water partition coefficient (Wildman–Crippen LogP) is 4.60. The summed E-state index contributed by atoms with van der Waals surface area (Å²) in [5.74, 6) is 0.804. The topological polar surface area (TPSA) is 81.7 Å². The maximum Gasteiger partial charge on any atom is 0.344 e. The summed E-state index contributed by atoms with van der Waals surface area (Å²) >= 11 is 0. The Morgan fingerprint density at radius 3 is 2.29 bits per heavy atom. The van der Waals surface area contributed by atoms with E-state index >= 15 is 0 Å². The average molecular weight is 450 g/mol. The monoisotopic (exact) mass is 450 g/mol. The second kappa shape index (κ2) is 8.51. The van der Waals surface area contributed by atoms with Crippen LogP contribution in [0.4, 0.5) is 0 Å². The fourth-order valence-corrected chi connectivity index (χ4v) is 4.44. The van der Waals surface area contributed by atoms with Gasteiger partial charge in [0.15, 0.2) is 0 Å². The van der Waals surface area contributed by atoms with Crippen LogP contribution in [0, 0.1) is 0 Å². The molecular weight excluding hydrogens is 428 g/mol. The SMILES string of the molecule is O=C(NC1Cc2ccccc2C1)c1oc2nc(Oc3ccccc3)nn2c1Cc1ccccc1. The number of carbonyl (C=O) groups excluding carboxylic acids is 1. The van der Waals surface area contributed by atoms with E-state index in [9.17, 15) is 4.79 Å². The van der Waals surface area contributed by atoms with Gasteiger partial charge in [0.25, 0.3) is 5.91 Å². The first-order valence-corrected chi connectivity index (χ1v) is 11.3. The molecule has 0 saturated heterocycles. The molecule has 3 aromatic carbocycles. The van der Waals surface area contributed by atoms with E-state index in [1.54, 1.807) is 4.52 Å². The quantitative estimate of drug-likeness (QED) is 0.409. The van der Waals surface area contributed by atoms with Crippen molar-refractivity contribution in [2.24, 2.45) is 0 Å². The molecule has 0 bridgehead atoms. The number of fused-ring (bicyclic) bond motifs is 2. The third kappa shape index (κ3) is 3.92. The van der Waals surface area contributed by atoms with Crippen LogP contribution in [0.3, 0.4) is 0 Å². The van der Waals surface area contributed by atoms with Crippen LogP contribution in [0.5, 0.6) is 11.8 Å². The average Bonchev–Trinajstić information content (AvgIpc) is 3.53. The molecule has 0 radical (unpaired) electrons. The highest BCUT2D eigenvalue weighted by molar-refractivity contribution is 5.93. The highest BCUT2D eigenvalue weighted by Crippen LogP contribution is 2.25. The number of aromatic nitrogens is 3. The molecule has 7 heteroatoms. The molecule has 0 spiro atoms. The molecule has 7 nitrogen and oxygen atoms in total. The van der Waals surface area contributed by atoms with Gasteiger partial charge in [-0.2, -0.15) is 4.52 Å². The van der Waals surface area contributed by atoms with Gasteiger partial charge in [-0.1, -0.05) is 72.8 Å². The van der Waals surface area contributed by atoms with Crippen molar-refractivity contribution in [2.75, 3.05) is 0 Å². The van der Waals surface area contributed by atoms with Gasteiger partial charge in [0.1, 0.15) is 11.4 Å². The summed E-state index contributed by atoms with van der Waals surface area (Å²) in [5, 5.41) is 7.62. The summed E-state index contributed by atoms with van der Waals surface area (Å²) in [7, 11) is 0. The van der Waals surface area contributed by atoms with Gasteiger partial charge < -0.3 is 14.5 Å². The molecule has 0 aliphatic heterocycles. The number of oxazole rings is 1. The van der Waals surface area contributed by atoms with Gasteiger partial charge in [-0.3, -0.25) is 4.79 Å². The van der Waals surface area contributed by atoms with Gasteiger partial charge >= 0.3 is 11.9 Å². The highest BCUT2D eigenvalue weighted by atomic mass is 16.5. The Hall–Kier alpha value is -4.39. The minimum atomic E-state index is -0.262. The van der Waals surface area contributed by atoms with Crippen LogP contribution in [-0.2, 0) is 19.3 Å². The smallest absolute Gasteiger partial charge is 0.344 e. The van der Waals surface area contributed by atoms with Gasteiger partial charge in [-0.25, -0.2) is 0 Å². The Morgan fingerprint density at radius 2 is 1.59 bits per heavy atom. The number of benzene rings is 3. The lowest BCUT2D eigenvalue weighted by Gasteiger charge is -2.11. The first-order valence-electron chi connectivity index (χ1n) is 11.3. The van der Waals surface area contributed by atoms with Crippen LogP contribution in [0.25, 0.3) is 5.84 Å². The minimum absolute atomic E-state index is 0.0248. The van der Waals surface area contributed by atoms with E-state index < -0.39 is 0 Å². The van der Waals surface area contributed by atoms with Gasteiger partial charge in [0.05, 0.1) is 0 Å². The van der Waals surface area contributed by atoms with E-state index in [0.717, 1.165) is 18.4 Å². The zero-order valence-electron chi connectivity index (χ0n) is 18.3. The largest absolute Gasteiger partial charge is 0.423 e. The van der Waals surface area contributed by atoms with Crippen molar-refractivity contribution < 1.29 is 13.9 Å². The molecule has 2 heterocycles. The second-order valence-electron chi connectivity index (χ2n) is 8.39. The summed E-state index contributed by atoms with van der Waals surface area (Å²) in [4.78, 5) is 17.7. The molecule has 0 fully saturated rings. The number of nitrogens with one attached hydrogen (secondary N) is 1. The molecule has 34 heavy (non-hydrogen) atoms. The van der Waals surface area contributed by atoms with Crippen LogP contribution < -0.4 is 10.1 Å². The van der Waals surface area contributed by atoms with Crippen LogP contribution in [0.15, 0.2) is 89.3 Å². The van der Waals surface area contributed by atoms with E-state index in [2.05, 4.69) is 27.5 Å². The van der Waals surface area contributed by atoms with Crippen molar-refractivity contribution in [3.63, 3.8) is 0 Å². The fraction of sp³-hybridized carbons (Fsp3) is 0.148. The number of carbonyl (C=O) groups is 1. The first-order chi connectivity index (χ1) is 16.7. The van der Waals surface area contributed by atoms with Gasteiger partial charge in [-0.15, -0.1) is 10.1 Å². The normalized spacial score (nSPS) is 13.2. The van der Waals surface area contributed by atoms with Crippen molar-refractivity contribution >= 4 is 11.8 Å². The third-order valence-electron chi connectivity index (χ3n) is 6.03. The maximum atomic E-state index is 13.3. The van der Waals surface area contributed by atoms with Crippen molar-refractivity contribution in [1.29, 1.82) is 0 Å². The lowest BCUT2D eigenvalue weighted by molar-refractivity contribution is 0.0911. The molecule has 0 unspecified atom stereocenters. The Morgan fingerprint density at radius 1 is 0.941 bits per heavy atom. The lowest BCUT2D eigenvalue weighted by atomic mass is 10.1. The fourth-order valence-electron chi connectivity index (χ4n) is 4.44. The molecule has 168 valence electrons. The molecular formula is C27H22N4O3. The Labute approximate surface area is 196 Å². The molecule has 5 aromatic rings.